The number of rotatable bonds is 2. The van der Waals surface area contributed by atoms with E-state index in [1.54, 1.807) is 0 Å². The smallest absolute Gasteiger partial charge is 0.245 e. The summed E-state index contributed by atoms with van der Waals surface area (Å²) in [6.07, 6.45) is 0. The van der Waals surface area contributed by atoms with Gasteiger partial charge in [0.05, 0.1) is 0 Å². The number of benzene rings is 1. The molecule has 2 heterocycles. The quantitative estimate of drug-likeness (QED) is 0.722. The zero-order valence-corrected chi connectivity index (χ0v) is 10.5. The van der Waals surface area contributed by atoms with E-state index in [2.05, 4.69) is 36.3 Å². The van der Waals surface area contributed by atoms with Crippen LogP contribution in [-0.2, 0) is 0 Å². The Labute approximate surface area is 108 Å². The second kappa shape index (κ2) is 4.20. The summed E-state index contributed by atoms with van der Waals surface area (Å²) >= 11 is 0. The summed E-state index contributed by atoms with van der Waals surface area (Å²) in [7, 11) is 0. The van der Waals surface area contributed by atoms with Crippen molar-refractivity contribution in [2.75, 3.05) is 11.1 Å². The molecule has 0 radical (unpaired) electrons. The molecule has 0 saturated carbocycles. The molecule has 0 aliphatic heterocycles. The number of hydrogen-bond donors (Lipinski definition) is 2. The van der Waals surface area contributed by atoms with Gasteiger partial charge in [-0.1, -0.05) is 17.7 Å². The standard InChI is InChI=1S/C12H12N6O/c1-6-3-4-8(7(2)5-6)14-10-9(13)15-11-12(16-10)18-19-17-11/h3-5H,1-2H3,(H2,13,15,17)(H,14,16,18). The molecule has 2 aromatic heterocycles. The van der Waals surface area contributed by atoms with E-state index in [1.807, 2.05) is 26.0 Å². The lowest BCUT2D eigenvalue weighted by Crippen LogP contribution is -2.03. The van der Waals surface area contributed by atoms with Crippen LogP contribution in [0.3, 0.4) is 0 Å². The van der Waals surface area contributed by atoms with Gasteiger partial charge in [-0.25, -0.2) is 14.6 Å². The zero-order valence-electron chi connectivity index (χ0n) is 10.5. The van der Waals surface area contributed by atoms with Gasteiger partial charge in [-0.2, -0.15) is 0 Å². The Balaban J connectivity index is 2.02. The van der Waals surface area contributed by atoms with E-state index < -0.39 is 0 Å². The predicted molar refractivity (Wildman–Crippen MR) is 71.0 cm³/mol. The third kappa shape index (κ3) is 2.05. The molecule has 1 aromatic carbocycles. The third-order valence-corrected chi connectivity index (χ3v) is 2.78. The second-order valence-corrected chi connectivity index (χ2v) is 4.31. The van der Waals surface area contributed by atoms with E-state index in [9.17, 15) is 0 Å². The molecule has 7 nitrogen and oxygen atoms in total. The van der Waals surface area contributed by atoms with Gasteiger partial charge in [-0.05, 0) is 35.8 Å². The Morgan fingerprint density at radius 3 is 2.58 bits per heavy atom. The lowest BCUT2D eigenvalue weighted by Gasteiger charge is -2.10. The van der Waals surface area contributed by atoms with Crippen LogP contribution in [0.15, 0.2) is 22.8 Å². The first-order chi connectivity index (χ1) is 9.13. The van der Waals surface area contributed by atoms with Gasteiger partial charge in [0.2, 0.25) is 11.3 Å². The average molecular weight is 256 g/mol. The fourth-order valence-corrected chi connectivity index (χ4v) is 1.82. The minimum absolute atomic E-state index is 0.253. The first-order valence-electron chi connectivity index (χ1n) is 5.73. The number of nitrogens with one attached hydrogen (secondary N) is 1. The molecule has 0 spiro atoms. The summed E-state index contributed by atoms with van der Waals surface area (Å²) in [6, 6.07) is 6.05. The van der Waals surface area contributed by atoms with Crippen LogP contribution in [0.25, 0.3) is 11.3 Å². The molecule has 0 bridgehead atoms. The summed E-state index contributed by atoms with van der Waals surface area (Å²) < 4.78 is 4.56. The first kappa shape index (κ1) is 11.4. The van der Waals surface area contributed by atoms with E-state index in [0.29, 0.717) is 17.1 Å². The summed E-state index contributed by atoms with van der Waals surface area (Å²) in [6.45, 7) is 4.05. The molecular weight excluding hydrogens is 244 g/mol. The predicted octanol–water partition coefficient (Wildman–Crippen LogP) is 1.96. The number of anilines is 3. The highest BCUT2D eigenvalue weighted by molar-refractivity contribution is 5.75. The third-order valence-electron chi connectivity index (χ3n) is 2.78. The topological polar surface area (TPSA) is 103 Å². The molecule has 3 N–H and O–H groups in total. The van der Waals surface area contributed by atoms with Gasteiger partial charge in [0.25, 0.3) is 0 Å². The Morgan fingerprint density at radius 1 is 1.11 bits per heavy atom. The largest absolute Gasteiger partial charge is 0.381 e. The zero-order chi connectivity index (χ0) is 13.4. The fraction of sp³-hybridized carbons (Fsp3) is 0.167. The van der Waals surface area contributed by atoms with Crippen molar-refractivity contribution >= 4 is 28.6 Å². The molecule has 3 aromatic rings. The summed E-state index contributed by atoms with van der Waals surface area (Å²) in [4.78, 5) is 8.29. The monoisotopic (exact) mass is 256 g/mol. The van der Waals surface area contributed by atoms with Crippen molar-refractivity contribution in [1.82, 2.24) is 20.3 Å². The van der Waals surface area contributed by atoms with Crippen molar-refractivity contribution in [3.8, 4) is 0 Å². The summed E-state index contributed by atoms with van der Waals surface area (Å²) in [5.41, 5.74) is 9.65. The van der Waals surface area contributed by atoms with E-state index in [0.717, 1.165) is 11.3 Å². The molecule has 96 valence electrons. The minimum Gasteiger partial charge on any atom is -0.381 e. The van der Waals surface area contributed by atoms with E-state index in [-0.39, 0.29) is 5.82 Å². The Bertz CT molecular complexity index is 751. The molecule has 0 aliphatic rings. The van der Waals surface area contributed by atoms with Gasteiger partial charge in [-0.3, -0.25) is 0 Å². The molecule has 0 saturated heterocycles. The van der Waals surface area contributed by atoms with Crippen LogP contribution in [0, 0.1) is 13.8 Å². The number of aromatic nitrogens is 4. The number of aryl methyl sites for hydroxylation is 2. The van der Waals surface area contributed by atoms with Gasteiger partial charge in [0.15, 0.2) is 11.6 Å². The Morgan fingerprint density at radius 2 is 1.84 bits per heavy atom. The summed E-state index contributed by atoms with van der Waals surface area (Å²) in [5, 5.41) is 10.4. The van der Waals surface area contributed by atoms with Gasteiger partial charge in [-0.15, -0.1) is 0 Å². The molecule has 0 aliphatic carbocycles. The molecule has 7 heteroatoms. The molecule has 0 fully saturated rings. The van der Waals surface area contributed by atoms with Crippen molar-refractivity contribution in [2.45, 2.75) is 13.8 Å². The lowest BCUT2D eigenvalue weighted by molar-refractivity contribution is 0.314. The van der Waals surface area contributed by atoms with E-state index in [1.165, 1.54) is 5.56 Å². The van der Waals surface area contributed by atoms with Gasteiger partial charge >= 0.3 is 0 Å². The van der Waals surface area contributed by atoms with Gasteiger partial charge < -0.3 is 11.1 Å². The van der Waals surface area contributed by atoms with Crippen molar-refractivity contribution in [3.05, 3.63) is 29.3 Å². The second-order valence-electron chi connectivity index (χ2n) is 4.31. The lowest BCUT2D eigenvalue weighted by atomic mass is 10.1. The molecule has 19 heavy (non-hydrogen) atoms. The van der Waals surface area contributed by atoms with Crippen LogP contribution in [-0.4, -0.2) is 20.3 Å². The van der Waals surface area contributed by atoms with Crippen LogP contribution in [0.2, 0.25) is 0 Å². The van der Waals surface area contributed by atoms with Crippen LogP contribution in [0.1, 0.15) is 11.1 Å². The van der Waals surface area contributed by atoms with Crippen molar-refractivity contribution in [3.63, 3.8) is 0 Å². The SMILES string of the molecule is Cc1ccc(Nc2nc3nonc3nc2N)c(C)c1. The number of nitrogens with zero attached hydrogens (tertiary/aromatic N) is 4. The van der Waals surface area contributed by atoms with Crippen LogP contribution in [0.4, 0.5) is 17.3 Å². The van der Waals surface area contributed by atoms with Crippen molar-refractivity contribution in [1.29, 1.82) is 0 Å². The maximum absolute atomic E-state index is 5.83. The maximum atomic E-state index is 5.83. The minimum atomic E-state index is 0.253. The normalized spacial score (nSPS) is 10.8. The Kier molecular flexibility index (Phi) is 2.52. The molecule has 3 rings (SSSR count). The van der Waals surface area contributed by atoms with Crippen molar-refractivity contribution < 1.29 is 4.63 Å². The highest BCUT2D eigenvalue weighted by Crippen LogP contribution is 2.24. The highest BCUT2D eigenvalue weighted by Gasteiger charge is 2.11. The average Bonchev–Trinajstić information content (AvgIpc) is 2.80. The van der Waals surface area contributed by atoms with E-state index in [4.69, 9.17) is 5.73 Å². The highest BCUT2D eigenvalue weighted by atomic mass is 16.6. The van der Waals surface area contributed by atoms with Gasteiger partial charge in [0, 0.05) is 5.69 Å². The number of fused-ring (bicyclic) bond motifs is 1. The first-order valence-corrected chi connectivity index (χ1v) is 5.73. The number of hydrogen-bond acceptors (Lipinski definition) is 7. The Hall–Kier alpha value is -2.70. The van der Waals surface area contributed by atoms with E-state index >= 15 is 0 Å². The summed E-state index contributed by atoms with van der Waals surface area (Å²) in [5.74, 6) is 0.693. The van der Waals surface area contributed by atoms with Crippen molar-refractivity contribution in [2.24, 2.45) is 0 Å². The van der Waals surface area contributed by atoms with Crippen LogP contribution >= 0.6 is 0 Å². The fourth-order valence-electron chi connectivity index (χ4n) is 1.82. The molecular formula is C12H12N6O. The maximum Gasteiger partial charge on any atom is 0.245 e. The number of nitrogens with two attached hydrogens (primary N) is 1. The van der Waals surface area contributed by atoms with Crippen LogP contribution < -0.4 is 11.1 Å². The molecule has 0 unspecified atom stereocenters. The number of nitrogen functional groups attached to an aromatic ring is 1. The van der Waals surface area contributed by atoms with Gasteiger partial charge in [0.1, 0.15) is 0 Å². The molecule has 0 atom stereocenters. The molecule has 0 amide bonds. The van der Waals surface area contributed by atoms with Crippen LogP contribution in [0.5, 0.6) is 0 Å².